The van der Waals surface area contributed by atoms with E-state index in [0.717, 1.165) is 34.3 Å². The van der Waals surface area contributed by atoms with Crippen molar-refractivity contribution in [2.75, 3.05) is 77.6 Å². The van der Waals surface area contributed by atoms with Gasteiger partial charge in [-0.25, -0.2) is 42.1 Å². The van der Waals surface area contributed by atoms with Gasteiger partial charge in [-0.1, -0.05) is 75.6 Å². The smallest absolute Gasteiger partial charge is 0.408 e. The molecule has 2 aliphatic carbocycles. The molecule has 2 unspecified atom stereocenters. The van der Waals surface area contributed by atoms with Gasteiger partial charge >= 0.3 is 12.2 Å². The summed E-state index contributed by atoms with van der Waals surface area (Å²) in [6, 6.07) is 17.8. The summed E-state index contributed by atoms with van der Waals surface area (Å²) in [6.45, 7) is 21.3. The Bertz CT molecular complexity index is 6500. The molecule has 4 aromatic heterocycles. The first-order chi connectivity index (χ1) is 67.7. The van der Waals surface area contributed by atoms with Crippen LogP contribution in [-0.2, 0) is 82.9 Å². The van der Waals surface area contributed by atoms with Crippen LogP contribution in [0.3, 0.4) is 0 Å². The first-order valence-electron chi connectivity index (χ1n) is 46.6. The molecule has 0 radical (unpaired) electrons. The van der Waals surface area contributed by atoms with Crippen LogP contribution in [0.4, 0.5) is 37.4 Å². The predicted octanol–water partition coefficient (Wildman–Crippen LogP) is 19.2. The van der Waals surface area contributed by atoms with Crippen molar-refractivity contribution in [1.82, 2.24) is 51.0 Å². The van der Waals surface area contributed by atoms with Gasteiger partial charge in [0.05, 0.1) is 98.6 Å². The number of ether oxygens (including phenoxy) is 7. The van der Waals surface area contributed by atoms with Gasteiger partial charge in [0.2, 0.25) is 38.4 Å². The number of rotatable bonds is 25. The van der Waals surface area contributed by atoms with E-state index in [4.69, 9.17) is 79.6 Å². The van der Waals surface area contributed by atoms with Crippen LogP contribution in [0.25, 0.3) is 44.6 Å². The van der Waals surface area contributed by atoms with Crippen LogP contribution in [0.2, 0.25) is 10.0 Å². The summed E-state index contributed by atoms with van der Waals surface area (Å²) in [7, 11) is -9.67. The third-order valence-corrected chi connectivity index (χ3v) is 35.0. The minimum atomic E-state index is -4.38. The molecule has 9 aromatic rings. The number of alkyl carbamates (subject to hydrolysis) is 2. The number of aromatic amines is 1. The Morgan fingerprint density at radius 2 is 1.06 bits per heavy atom. The summed E-state index contributed by atoms with van der Waals surface area (Å²) >= 11 is 19.4. The lowest BCUT2D eigenvalue weighted by molar-refractivity contribution is -0.140. The fourth-order valence-electron chi connectivity index (χ4n) is 17.4. The first kappa shape index (κ1) is 110. The Hall–Kier alpha value is -10.1. The standard InChI is InChI=1S/C46H56ClF2N6O9PS.C36H45BrF2N3O10PS.C16H16ClN3O2S/c1-8-62-65(59,24-30-31(48)12-11-13-32(30)49)46-22-27(46)17-19-61-18-10-9-14-33(53-44(58)64-45(4,5)6)42(57)55-23-28(20-36(55)41(56)54-46)63-38-21-34(35-25-66-43(52-35)50-26(2)3)51-40-29(38)15-16-37(60-7)39(40)47;1-5-50-53(46,22-27-28(38)9-8-10-29(27)39)36-20-23(36)16-18-49-17-7-6-11-30(40-34(45)51-35(2,3)4)33(44)42-21-25(19-31(42)32(43)41-36)52-54(47,48)26-14-12-24(37)13-15-26;1-8(2)18-16-20-11(7-23-16)10-6-12(21)9-4-5-13(22-3)14(17)15(9)19-10/h9-13,15-16,21,25-28,33,36H,8,14,17-20,22-24H2,1-7H3,(H,50,52)(H,53,58)(H,54,56);6-10,12-15,23,25,30-31H,5,11,16-22H2,1-4H3,(H,40,45)(H,41,43);4-8H,1-3H3,(H,18,20)(H,19,21)/b10-9+;7-6+;/t27-,28-,33+,36+,46+,65?;23-,25+,30+,31+,36+,53?;/m11./s1. The molecule has 15 rings (SSSR count). The summed E-state index contributed by atoms with van der Waals surface area (Å²) in [5.41, 5.74) is 0.484. The zero-order valence-electron chi connectivity index (χ0n) is 81.3. The van der Waals surface area contributed by atoms with Gasteiger partial charge in [0.15, 0.2) is 15.7 Å². The summed E-state index contributed by atoms with van der Waals surface area (Å²) in [5, 5.41) is 21.5. The minimum absolute atomic E-state index is 0.0259. The number of pyridine rings is 2. The SMILES string of the molecule is CCOP(=O)(Cc1c(F)cccc1F)[C@@]12C[C@H]1CCOC/C=C/C[C@H](NC(=O)OC(C)(C)C)C(=O)N1C[C@@H](OS(=O)(=O)c3ccc(Br)cc3)C[C@H]1C(=O)N2.CCOP(=O)(Cc1c(F)cccc1F)[C@@]12C[C@H]1CCOC/C=C/C[C@H](NC(=O)OC(C)(C)C)C(=O)N1C[C@H](Oc3cc(-c4csc(NC(C)C)n4)nc4c(Cl)c(OC)ccc34)C[C@H]1C(=O)N2.COc1ccc2c(=O)cc(-c3csc(NC(C)C)n3)[nH]c2c1Cl. The predicted molar refractivity (Wildman–Crippen MR) is 541 cm³/mol. The second-order valence-electron chi connectivity index (χ2n) is 37.6. The molecule has 8 heterocycles. The van der Waals surface area contributed by atoms with Crippen LogP contribution >= 0.6 is 76.5 Å². The lowest BCUT2D eigenvalue weighted by atomic mass is 10.1. The van der Waals surface area contributed by atoms with Crippen molar-refractivity contribution in [3.05, 3.63) is 191 Å². The van der Waals surface area contributed by atoms with Gasteiger partial charge in [-0.2, -0.15) is 8.42 Å². The van der Waals surface area contributed by atoms with E-state index >= 15 is 18.1 Å². The Kier molecular flexibility index (Phi) is 36.0. The molecule has 2 saturated carbocycles. The zero-order chi connectivity index (χ0) is 104. The van der Waals surface area contributed by atoms with Gasteiger partial charge in [0.25, 0.3) is 10.1 Å². The van der Waals surface area contributed by atoms with E-state index in [-0.39, 0.29) is 113 Å². The van der Waals surface area contributed by atoms with Gasteiger partial charge in [0, 0.05) is 93.9 Å². The second kappa shape index (κ2) is 46.7. The van der Waals surface area contributed by atoms with Gasteiger partial charge in [-0.3, -0.25) is 37.3 Å². The van der Waals surface area contributed by atoms with Crippen molar-refractivity contribution in [2.45, 2.75) is 222 Å². The summed E-state index contributed by atoms with van der Waals surface area (Å²) < 4.78 is 175. The van der Waals surface area contributed by atoms with E-state index in [9.17, 15) is 50.5 Å². The van der Waals surface area contributed by atoms with Crippen molar-refractivity contribution < 1.29 is 110 Å². The molecule has 0 spiro atoms. The molecular formula is C98H117BrCl2F4N12O21P2S3. The Morgan fingerprint density at radius 1 is 0.601 bits per heavy atom. The molecule has 7 N–H and O–H groups in total. The maximum absolute atomic E-state index is 15.3. The average Bonchev–Trinajstić information content (AvgIpc) is 1.55. The quantitative estimate of drug-likeness (QED) is 0.0121. The number of hydrogen-bond acceptors (Lipinski definition) is 28. The van der Waals surface area contributed by atoms with Crippen LogP contribution < -0.4 is 51.5 Å². The van der Waals surface area contributed by atoms with Gasteiger partial charge in [0.1, 0.15) is 108 Å². The first-order valence-corrected chi connectivity index (χ1v) is 55.0. The molecule has 2 saturated heterocycles. The minimum Gasteiger partial charge on any atom is -0.495 e. The average molecular weight is 2180 g/mol. The third kappa shape index (κ3) is 26.7. The largest absolute Gasteiger partial charge is 0.495 e. The molecule has 6 aliphatic rings. The van der Waals surface area contributed by atoms with Crippen molar-refractivity contribution in [1.29, 1.82) is 0 Å². The molecule has 5 aromatic carbocycles. The Labute approximate surface area is 852 Å². The van der Waals surface area contributed by atoms with E-state index in [1.807, 2.05) is 38.5 Å². The summed E-state index contributed by atoms with van der Waals surface area (Å²) in [5.74, 6) is -6.22. The van der Waals surface area contributed by atoms with Gasteiger partial charge in [-0.05, 0) is 206 Å². The molecule has 33 nitrogen and oxygen atoms in total. The molecule has 772 valence electrons. The normalized spacial score (nSPS) is 23.1. The number of benzene rings is 5. The zero-order valence-corrected chi connectivity index (χ0v) is 88.6. The monoisotopic (exact) mass is 2180 g/mol. The lowest BCUT2D eigenvalue weighted by Crippen LogP contribution is -2.55. The summed E-state index contributed by atoms with van der Waals surface area (Å²) in [4.78, 5) is 117. The highest BCUT2D eigenvalue weighted by molar-refractivity contribution is 9.10. The highest BCUT2D eigenvalue weighted by atomic mass is 79.9. The van der Waals surface area contributed by atoms with Crippen molar-refractivity contribution in [3.63, 3.8) is 0 Å². The van der Waals surface area contributed by atoms with E-state index in [1.165, 1.54) is 71.1 Å². The highest BCUT2D eigenvalue weighted by Gasteiger charge is 2.69. The number of methoxy groups -OCH3 is 2. The molecule has 0 bridgehead atoms. The molecule has 143 heavy (non-hydrogen) atoms. The number of carbonyl (C=O) groups is 6. The van der Waals surface area contributed by atoms with E-state index < -0.39 is 177 Å². The van der Waals surface area contributed by atoms with E-state index in [0.29, 0.717) is 95.3 Å². The third-order valence-electron chi connectivity index (χ3n) is 24.2. The fraction of sp³-hybridized carbons (Fsp3) is 0.469. The molecule has 45 heteroatoms. The number of thiazole rings is 2. The second-order valence-corrected chi connectivity index (χ2v) is 48.0. The topological polar surface area (TPSA) is 413 Å². The van der Waals surface area contributed by atoms with Crippen LogP contribution in [-0.4, -0.2) is 211 Å². The number of fused-ring (bicyclic) bond motifs is 6. The number of aromatic nitrogens is 4. The van der Waals surface area contributed by atoms with Crippen molar-refractivity contribution >= 4 is 155 Å². The molecule has 6 amide bonds. The molecule has 4 aliphatic heterocycles. The van der Waals surface area contributed by atoms with Crippen LogP contribution in [0.15, 0.2) is 146 Å². The number of halogens is 7. The number of nitrogens with one attached hydrogen (secondary N) is 7. The van der Waals surface area contributed by atoms with Crippen LogP contribution in [0.5, 0.6) is 17.2 Å². The lowest BCUT2D eigenvalue weighted by Gasteiger charge is -2.33. The number of carbonyl (C=O) groups excluding carboxylic acids is 6. The maximum Gasteiger partial charge on any atom is 0.408 e. The number of amides is 6. The van der Waals surface area contributed by atoms with Crippen LogP contribution in [0.1, 0.15) is 146 Å². The van der Waals surface area contributed by atoms with E-state index in [1.54, 1.807) is 123 Å². The van der Waals surface area contributed by atoms with Gasteiger partial charge in [-0.15, -0.1) is 22.7 Å². The Balaban J connectivity index is 0.000000199. The van der Waals surface area contributed by atoms with Crippen LogP contribution in [0, 0.1) is 35.1 Å². The van der Waals surface area contributed by atoms with Gasteiger partial charge < -0.3 is 88.9 Å². The fourth-order valence-corrected chi connectivity index (χ4v) is 27.5. The highest BCUT2D eigenvalue weighted by Crippen LogP contribution is 2.76. The van der Waals surface area contributed by atoms with Crippen molar-refractivity contribution in [2.24, 2.45) is 11.8 Å². The summed E-state index contributed by atoms with van der Waals surface area (Å²) in [6.07, 6.45) is 2.21. The Morgan fingerprint density at radius 3 is 1.52 bits per heavy atom. The number of nitrogens with zero attached hydrogens (tertiary/aromatic N) is 5. The maximum atomic E-state index is 15.3. The molecule has 4 fully saturated rings. The number of hydrogen-bond donors (Lipinski definition) is 7. The molecular weight excluding hydrogens is 2070 g/mol. The molecule has 12 atom stereocenters. The van der Waals surface area contributed by atoms with E-state index in [2.05, 4.69) is 57.8 Å². The number of anilines is 2. The number of H-pyrrole nitrogens is 1. The van der Waals surface area contributed by atoms with Crippen molar-refractivity contribution in [3.8, 4) is 40.0 Å².